The van der Waals surface area contributed by atoms with Crippen molar-refractivity contribution in [2.45, 2.75) is 0 Å². The summed E-state index contributed by atoms with van der Waals surface area (Å²) in [5.41, 5.74) is 0.485. The zero-order valence-electron chi connectivity index (χ0n) is 15.3. The molecule has 0 spiro atoms. The van der Waals surface area contributed by atoms with Crippen molar-refractivity contribution in [2.24, 2.45) is 0 Å². The molecule has 0 aromatic heterocycles. The van der Waals surface area contributed by atoms with E-state index < -0.39 is 18.5 Å². The standard InChI is InChI=1S/C19H21NO7/c1-23-14-6-4-5-7-16(14)26-12-19(22)27-11-18(21)20-13-8-9-15(24-2)17(10-13)25-3/h4-10H,11-12H2,1-3H3,(H,20,21). The Labute approximate surface area is 156 Å². The van der Waals surface area contributed by atoms with E-state index in [0.717, 1.165) is 0 Å². The first kappa shape index (κ1) is 19.9. The Balaban J connectivity index is 1.80. The highest BCUT2D eigenvalue weighted by Gasteiger charge is 2.12. The van der Waals surface area contributed by atoms with Crippen LogP contribution in [0.1, 0.15) is 0 Å². The van der Waals surface area contributed by atoms with Gasteiger partial charge in [-0.2, -0.15) is 0 Å². The molecule has 0 bridgehead atoms. The third-order valence-electron chi connectivity index (χ3n) is 3.45. The number of hydrogen-bond acceptors (Lipinski definition) is 7. The number of ether oxygens (including phenoxy) is 5. The number of nitrogens with one attached hydrogen (secondary N) is 1. The molecule has 8 nitrogen and oxygen atoms in total. The molecule has 0 aliphatic heterocycles. The molecule has 144 valence electrons. The predicted octanol–water partition coefficient (Wildman–Crippen LogP) is 2.27. The molecular weight excluding hydrogens is 354 g/mol. The smallest absolute Gasteiger partial charge is 0.344 e. The first-order valence-corrected chi connectivity index (χ1v) is 8.00. The molecule has 2 aromatic rings. The van der Waals surface area contributed by atoms with Crippen LogP contribution < -0.4 is 24.3 Å². The highest BCUT2D eigenvalue weighted by Crippen LogP contribution is 2.29. The minimum absolute atomic E-state index is 0.343. The molecule has 0 aliphatic carbocycles. The van der Waals surface area contributed by atoms with Crippen LogP contribution in [0.25, 0.3) is 0 Å². The zero-order chi connectivity index (χ0) is 19.6. The molecule has 27 heavy (non-hydrogen) atoms. The predicted molar refractivity (Wildman–Crippen MR) is 97.6 cm³/mol. The fourth-order valence-electron chi connectivity index (χ4n) is 2.17. The molecule has 1 amide bonds. The van der Waals surface area contributed by atoms with Gasteiger partial charge in [0.1, 0.15) is 0 Å². The van der Waals surface area contributed by atoms with Gasteiger partial charge in [-0.1, -0.05) is 12.1 Å². The molecule has 0 radical (unpaired) electrons. The number of rotatable bonds is 9. The average molecular weight is 375 g/mol. The van der Waals surface area contributed by atoms with Crippen molar-refractivity contribution in [3.8, 4) is 23.0 Å². The van der Waals surface area contributed by atoms with Crippen LogP contribution in [0.5, 0.6) is 23.0 Å². The van der Waals surface area contributed by atoms with E-state index in [9.17, 15) is 9.59 Å². The quantitative estimate of drug-likeness (QED) is 0.672. The largest absolute Gasteiger partial charge is 0.493 e. The second kappa shape index (κ2) is 9.91. The van der Waals surface area contributed by atoms with E-state index in [1.165, 1.54) is 21.3 Å². The van der Waals surface area contributed by atoms with E-state index in [4.69, 9.17) is 23.7 Å². The number of methoxy groups -OCH3 is 3. The fraction of sp³-hybridized carbons (Fsp3) is 0.263. The van der Waals surface area contributed by atoms with E-state index >= 15 is 0 Å². The lowest BCUT2D eigenvalue weighted by molar-refractivity contribution is -0.149. The number of carbonyl (C=O) groups is 2. The van der Waals surface area contributed by atoms with Gasteiger partial charge in [0.05, 0.1) is 21.3 Å². The number of para-hydroxylation sites is 2. The summed E-state index contributed by atoms with van der Waals surface area (Å²) in [7, 11) is 4.51. The number of anilines is 1. The molecule has 0 saturated heterocycles. The lowest BCUT2D eigenvalue weighted by Crippen LogP contribution is -2.23. The molecule has 2 rings (SSSR count). The molecule has 2 aromatic carbocycles. The van der Waals surface area contributed by atoms with Gasteiger partial charge in [-0.25, -0.2) is 4.79 Å². The molecule has 8 heteroatoms. The van der Waals surface area contributed by atoms with Crippen molar-refractivity contribution in [1.29, 1.82) is 0 Å². The van der Waals surface area contributed by atoms with Crippen molar-refractivity contribution >= 4 is 17.6 Å². The lowest BCUT2D eigenvalue weighted by atomic mass is 10.2. The van der Waals surface area contributed by atoms with E-state index in [0.29, 0.717) is 28.7 Å². The molecule has 0 fully saturated rings. The van der Waals surface area contributed by atoms with Gasteiger partial charge in [0.2, 0.25) is 0 Å². The van der Waals surface area contributed by atoms with E-state index in [2.05, 4.69) is 5.32 Å². The Morgan fingerprint density at radius 2 is 1.44 bits per heavy atom. The van der Waals surface area contributed by atoms with Crippen LogP contribution in [-0.4, -0.2) is 46.4 Å². The van der Waals surface area contributed by atoms with Crippen molar-refractivity contribution in [2.75, 3.05) is 39.9 Å². The molecular formula is C19H21NO7. The SMILES string of the molecule is COc1ccc(NC(=O)COC(=O)COc2ccccc2OC)cc1OC. The highest BCUT2D eigenvalue weighted by molar-refractivity contribution is 5.93. The summed E-state index contributed by atoms with van der Waals surface area (Å²) in [5, 5.41) is 2.60. The summed E-state index contributed by atoms with van der Waals surface area (Å²) in [4.78, 5) is 23.7. The van der Waals surface area contributed by atoms with Gasteiger partial charge in [-0.05, 0) is 24.3 Å². The summed E-state index contributed by atoms with van der Waals surface area (Å²) in [6.45, 7) is -0.785. The zero-order valence-corrected chi connectivity index (χ0v) is 15.3. The van der Waals surface area contributed by atoms with Crippen molar-refractivity contribution < 1.29 is 33.3 Å². The summed E-state index contributed by atoms with van der Waals surface area (Å²) >= 11 is 0. The maximum atomic E-state index is 11.9. The van der Waals surface area contributed by atoms with Gasteiger partial charge in [0.15, 0.2) is 36.2 Å². The van der Waals surface area contributed by atoms with Crippen LogP contribution >= 0.6 is 0 Å². The third kappa shape index (κ3) is 5.81. The average Bonchev–Trinajstić information content (AvgIpc) is 2.70. The topological polar surface area (TPSA) is 92.3 Å². The second-order valence-corrected chi connectivity index (χ2v) is 5.22. The van der Waals surface area contributed by atoms with Crippen molar-refractivity contribution in [3.63, 3.8) is 0 Å². The first-order chi connectivity index (χ1) is 13.1. The maximum Gasteiger partial charge on any atom is 0.344 e. The van der Waals surface area contributed by atoms with E-state index in [1.807, 2.05) is 0 Å². The Morgan fingerprint density at radius 3 is 2.11 bits per heavy atom. The number of benzene rings is 2. The first-order valence-electron chi connectivity index (χ1n) is 8.00. The monoisotopic (exact) mass is 375 g/mol. The number of hydrogen-bond donors (Lipinski definition) is 1. The van der Waals surface area contributed by atoms with Crippen LogP contribution in [0.15, 0.2) is 42.5 Å². The van der Waals surface area contributed by atoms with Gasteiger partial charge < -0.3 is 29.0 Å². The van der Waals surface area contributed by atoms with Crippen LogP contribution in [0.4, 0.5) is 5.69 Å². The Bertz CT molecular complexity index is 791. The van der Waals surface area contributed by atoms with Crippen LogP contribution in [-0.2, 0) is 14.3 Å². The van der Waals surface area contributed by atoms with Gasteiger partial charge in [-0.3, -0.25) is 4.79 Å². The van der Waals surface area contributed by atoms with Crippen LogP contribution in [0.3, 0.4) is 0 Å². The molecule has 0 saturated carbocycles. The number of amides is 1. The van der Waals surface area contributed by atoms with Crippen molar-refractivity contribution in [1.82, 2.24) is 0 Å². The summed E-state index contributed by atoms with van der Waals surface area (Å²) in [6.07, 6.45) is 0. The van der Waals surface area contributed by atoms with E-state index in [-0.39, 0.29) is 6.61 Å². The summed E-state index contributed by atoms with van der Waals surface area (Å²) < 4.78 is 25.6. The molecule has 0 unspecified atom stereocenters. The van der Waals surface area contributed by atoms with Crippen LogP contribution in [0.2, 0.25) is 0 Å². The van der Waals surface area contributed by atoms with Gasteiger partial charge in [0, 0.05) is 11.8 Å². The Hall–Kier alpha value is -3.42. The summed E-state index contributed by atoms with van der Waals surface area (Å²) in [6, 6.07) is 11.8. The maximum absolute atomic E-state index is 11.9. The number of carbonyl (C=O) groups excluding carboxylic acids is 2. The third-order valence-corrected chi connectivity index (χ3v) is 3.45. The molecule has 0 heterocycles. The minimum Gasteiger partial charge on any atom is -0.493 e. The second-order valence-electron chi connectivity index (χ2n) is 5.22. The lowest BCUT2D eigenvalue weighted by Gasteiger charge is -2.11. The minimum atomic E-state index is -0.677. The van der Waals surface area contributed by atoms with Gasteiger partial charge in [0.25, 0.3) is 5.91 Å². The molecule has 0 aliphatic rings. The Kier molecular flexibility index (Phi) is 7.30. The Morgan fingerprint density at radius 1 is 0.815 bits per heavy atom. The molecule has 0 atom stereocenters. The van der Waals surface area contributed by atoms with Gasteiger partial charge >= 0.3 is 5.97 Å². The normalized spacial score (nSPS) is 9.89. The molecule has 1 N–H and O–H groups in total. The fourth-order valence-corrected chi connectivity index (χ4v) is 2.17. The van der Waals surface area contributed by atoms with Crippen LogP contribution in [0, 0.1) is 0 Å². The van der Waals surface area contributed by atoms with Gasteiger partial charge in [-0.15, -0.1) is 0 Å². The van der Waals surface area contributed by atoms with Crippen molar-refractivity contribution in [3.05, 3.63) is 42.5 Å². The van der Waals surface area contributed by atoms with E-state index in [1.54, 1.807) is 42.5 Å². The summed E-state index contributed by atoms with van der Waals surface area (Å²) in [5.74, 6) is 0.743. The number of esters is 1. The highest BCUT2D eigenvalue weighted by atomic mass is 16.6.